The van der Waals surface area contributed by atoms with E-state index in [-0.39, 0.29) is 12.6 Å². The van der Waals surface area contributed by atoms with Crippen LogP contribution in [0, 0.1) is 3.57 Å². The van der Waals surface area contributed by atoms with Crippen LogP contribution >= 0.6 is 22.6 Å². The van der Waals surface area contributed by atoms with E-state index in [9.17, 15) is 0 Å². The first-order chi connectivity index (χ1) is 6.72. The van der Waals surface area contributed by atoms with Gasteiger partial charge in [0.2, 0.25) is 0 Å². The molecule has 0 radical (unpaired) electrons. The maximum Gasteiger partial charge on any atom is 0.114 e. The van der Waals surface area contributed by atoms with E-state index in [0.717, 1.165) is 14.6 Å². The Hall–Kier alpha value is -0.690. The summed E-state index contributed by atoms with van der Waals surface area (Å²) in [5.41, 5.74) is 1.84. The maximum absolute atomic E-state index is 9.03. The van der Waals surface area contributed by atoms with Gasteiger partial charge in [0.05, 0.1) is 18.2 Å². The zero-order valence-electron chi connectivity index (χ0n) is 7.68. The van der Waals surface area contributed by atoms with Gasteiger partial charge in [0.1, 0.15) is 5.52 Å². The van der Waals surface area contributed by atoms with E-state index in [2.05, 4.69) is 32.9 Å². The van der Waals surface area contributed by atoms with Crippen molar-refractivity contribution in [3.8, 4) is 0 Å². The first kappa shape index (κ1) is 9.85. The third-order valence-corrected chi connectivity index (χ3v) is 2.79. The van der Waals surface area contributed by atoms with Crippen molar-refractivity contribution in [2.24, 2.45) is 0 Å². The van der Waals surface area contributed by atoms with Crippen molar-refractivity contribution in [1.29, 1.82) is 0 Å². The number of aromatic nitrogens is 3. The number of rotatable bonds is 2. The number of nitrogens with zero attached hydrogens (tertiary/aromatic N) is 3. The van der Waals surface area contributed by atoms with Crippen molar-refractivity contribution in [3.63, 3.8) is 0 Å². The number of benzene rings is 1. The van der Waals surface area contributed by atoms with Gasteiger partial charge >= 0.3 is 0 Å². The molecular formula is C9H10IN3O. The molecule has 2 rings (SSSR count). The average molecular weight is 303 g/mol. The van der Waals surface area contributed by atoms with Crippen LogP contribution in [0.3, 0.4) is 0 Å². The highest BCUT2D eigenvalue weighted by molar-refractivity contribution is 14.1. The third kappa shape index (κ3) is 1.61. The van der Waals surface area contributed by atoms with Crippen LogP contribution in [0.1, 0.15) is 13.0 Å². The summed E-state index contributed by atoms with van der Waals surface area (Å²) in [5, 5.41) is 17.1. The van der Waals surface area contributed by atoms with Crippen molar-refractivity contribution >= 4 is 33.6 Å². The van der Waals surface area contributed by atoms with E-state index in [1.54, 1.807) is 4.68 Å². The highest BCUT2D eigenvalue weighted by Gasteiger charge is 2.09. The van der Waals surface area contributed by atoms with Gasteiger partial charge in [-0.3, -0.25) is 0 Å². The van der Waals surface area contributed by atoms with Gasteiger partial charge in [-0.25, -0.2) is 4.68 Å². The van der Waals surface area contributed by atoms with E-state index in [1.807, 2.05) is 25.1 Å². The molecule has 0 aliphatic heterocycles. The van der Waals surface area contributed by atoms with Gasteiger partial charge in [0.15, 0.2) is 0 Å². The second-order valence-corrected chi connectivity index (χ2v) is 4.44. The topological polar surface area (TPSA) is 50.9 Å². The number of hydrogen-bond acceptors (Lipinski definition) is 3. The molecule has 0 amide bonds. The zero-order chi connectivity index (χ0) is 10.1. The Morgan fingerprint density at radius 1 is 1.57 bits per heavy atom. The smallest absolute Gasteiger partial charge is 0.114 e. The van der Waals surface area contributed by atoms with Gasteiger partial charge in [-0.1, -0.05) is 5.21 Å². The zero-order valence-corrected chi connectivity index (χ0v) is 9.84. The molecule has 0 saturated heterocycles. The van der Waals surface area contributed by atoms with Gasteiger partial charge in [-0.15, -0.1) is 5.10 Å². The van der Waals surface area contributed by atoms with E-state index < -0.39 is 0 Å². The number of aliphatic hydroxyl groups excluding tert-OH is 1. The van der Waals surface area contributed by atoms with Gasteiger partial charge < -0.3 is 5.11 Å². The van der Waals surface area contributed by atoms with Gasteiger partial charge in [-0.2, -0.15) is 0 Å². The molecule has 4 nitrogen and oxygen atoms in total. The molecule has 0 saturated carbocycles. The molecule has 1 heterocycles. The quantitative estimate of drug-likeness (QED) is 0.857. The summed E-state index contributed by atoms with van der Waals surface area (Å²) < 4.78 is 2.88. The molecule has 0 spiro atoms. The minimum absolute atomic E-state index is 0.0277. The molecule has 0 bridgehead atoms. The van der Waals surface area contributed by atoms with E-state index >= 15 is 0 Å². The van der Waals surface area contributed by atoms with Crippen molar-refractivity contribution in [2.45, 2.75) is 13.0 Å². The Labute approximate surface area is 95.1 Å². The highest BCUT2D eigenvalue weighted by Crippen LogP contribution is 2.17. The molecular weight excluding hydrogens is 293 g/mol. The van der Waals surface area contributed by atoms with Gasteiger partial charge in [0, 0.05) is 3.57 Å². The Morgan fingerprint density at radius 2 is 2.36 bits per heavy atom. The number of halogens is 1. The fourth-order valence-electron chi connectivity index (χ4n) is 1.32. The lowest BCUT2D eigenvalue weighted by Gasteiger charge is -2.07. The molecule has 74 valence electrons. The van der Waals surface area contributed by atoms with Crippen molar-refractivity contribution in [3.05, 3.63) is 21.8 Å². The van der Waals surface area contributed by atoms with E-state index in [4.69, 9.17) is 5.11 Å². The van der Waals surface area contributed by atoms with Gasteiger partial charge in [0.25, 0.3) is 0 Å². The minimum atomic E-state index is -0.0277. The maximum atomic E-state index is 9.03. The summed E-state index contributed by atoms with van der Waals surface area (Å²) in [4.78, 5) is 0. The average Bonchev–Trinajstić information content (AvgIpc) is 2.59. The Balaban J connectivity index is 2.58. The fourth-order valence-corrected chi connectivity index (χ4v) is 1.79. The van der Waals surface area contributed by atoms with Crippen LogP contribution in [0.25, 0.3) is 11.0 Å². The summed E-state index contributed by atoms with van der Waals surface area (Å²) in [5.74, 6) is 0. The standard InChI is InChI=1S/C9H10IN3O/c1-6(5-14)13-9-3-2-7(10)4-8(9)11-12-13/h2-4,6,14H,5H2,1H3. The SMILES string of the molecule is CC(CO)n1nnc2cc(I)ccc21. The lowest BCUT2D eigenvalue weighted by atomic mass is 10.3. The van der Waals surface area contributed by atoms with E-state index in [1.165, 1.54) is 0 Å². The molecule has 2 aromatic rings. The largest absolute Gasteiger partial charge is 0.394 e. The Bertz CT molecular complexity index is 454. The van der Waals surface area contributed by atoms with Crippen molar-refractivity contribution in [2.75, 3.05) is 6.61 Å². The first-order valence-corrected chi connectivity index (χ1v) is 5.41. The highest BCUT2D eigenvalue weighted by atomic mass is 127. The third-order valence-electron chi connectivity index (χ3n) is 2.11. The number of aliphatic hydroxyl groups is 1. The lowest BCUT2D eigenvalue weighted by molar-refractivity contribution is 0.231. The molecule has 0 aliphatic rings. The van der Waals surface area contributed by atoms with Crippen LogP contribution in [-0.4, -0.2) is 26.7 Å². The summed E-state index contributed by atoms with van der Waals surface area (Å²) in [6, 6.07) is 5.93. The second-order valence-electron chi connectivity index (χ2n) is 3.20. The lowest BCUT2D eigenvalue weighted by Crippen LogP contribution is -2.10. The summed E-state index contributed by atoms with van der Waals surface area (Å²) in [6.07, 6.45) is 0. The Kier molecular flexibility index (Phi) is 2.69. The molecule has 1 aromatic carbocycles. The predicted octanol–water partition coefficient (Wildman–Crippen LogP) is 1.59. The summed E-state index contributed by atoms with van der Waals surface area (Å²) in [7, 11) is 0. The van der Waals surface area contributed by atoms with Crippen LogP contribution in [-0.2, 0) is 0 Å². The van der Waals surface area contributed by atoms with Crippen molar-refractivity contribution < 1.29 is 5.11 Å². The van der Waals surface area contributed by atoms with Crippen LogP contribution in [0.2, 0.25) is 0 Å². The normalized spacial score (nSPS) is 13.4. The van der Waals surface area contributed by atoms with Crippen molar-refractivity contribution in [1.82, 2.24) is 15.0 Å². The summed E-state index contributed by atoms with van der Waals surface area (Å²) >= 11 is 2.24. The van der Waals surface area contributed by atoms with Crippen LogP contribution in [0.4, 0.5) is 0 Å². The monoisotopic (exact) mass is 303 g/mol. The second kappa shape index (κ2) is 3.82. The molecule has 0 fully saturated rings. The molecule has 1 aromatic heterocycles. The minimum Gasteiger partial charge on any atom is -0.394 e. The summed E-state index contributed by atoms with van der Waals surface area (Å²) in [6.45, 7) is 1.98. The number of fused-ring (bicyclic) bond motifs is 1. The number of hydrogen-bond donors (Lipinski definition) is 1. The van der Waals surface area contributed by atoms with Gasteiger partial charge in [-0.05, 0) is 47.7 Å². The molecule has 0 aliphatic carbocycles. The fraction of sp³-hybridized carbons (Fsp3) is 0.333. The Morgan fingerprint density at radius 3 is 3.07 bits per heavy atom. The molecule has 5 heteroatoms. The van der Waals surface area contributed by atoms with E-state index in [0.29, 0.717) is 0 Å². The molecule has 1 unspecified atom stereocenters. The first-order valence-electron chi connectivity index (χ1n) is 4.33. The molecule has 14 heavy (non-hydrogen) atoms. The van der Waals surface area contributed by atoms with Crippen LogP contribution < -0.4 is 0 Å². The molecule has 1 atom stereocenters. The van der Waals surface area contributed by atoms with Crippen LogP contribution in [0.5, 0.6) is 0 Å². The van der Waals surface area contributed by atoms with Crippen LogP contribution in [0.15, 0.2) is 18.2 Å². The molecule has 1 N–H and O–H groups in total. The predicted molar refractivity (Wildman–Crippen MR) is 62.0 cm³/mol.